The van der Waals surface area contributed by atoms with Gasteiger partial charge >= 0.3 is 0 Å². The fourth-order valence-electron chi connectivity index (χ4n) is 1.31. The van der Waals surface area contributed by atoms with Crippen LogP contribution in [0.2, 0.25) is 0 Å². The van der Waals surface area contributed by atoms with E-state index in [4.69, 9.17) is 10.5 Å². The molecule has 0 saturated heterocycles. The smallest absolute Gasteiger partial charge is 0.145 e. The molecule has 1 heterocycles. The zero-order valence-electron chi connectivity index (χ0n) is 9.31. The predicted molar refractivity (Wildman–Crippen MR) is 65.4 cm³/mol. The minimum absolute atomic E-state index is 0.329. The quantitative estimate of drug-likeness (QED) is 0.936. The molecule has 1 aromatic heterocycles. The molecule has 6 heteroatoms. The fourth-order valence-corrected chi connectivity index (χ4v) is 1.86. The minimum atomic E-state index is 0.329. The molecule has 0 amide bonds. The maximum absolute atomic E-state index is 5.61. The van der Waals surface area contributed by atoms with Crippen molar-refractivity contribution in [1.29, 1.82) is 0 Å². The Morgan fingerprint density at radius 1 is 1.41 bits per heavy atom. The van der Waals surface area contributed by atoms with Gasteiger partial charge in [0.2, 0.25) is 0 Å². The summed E-state index contributed by atoms with van der Waals surface area (Å²) in [5, 5.41) is 7.43. The van der Waals surface area contributed by atoms with E-state index >= 15 is 0 Å². The van der Waals surface area contributed by atoms with E-state index in [1.165, 1.54) is 0 Å². The molecule has 0 radical (unpaired) electrons. The third-order valence-electron chi connectivity index (χ3n) is 2.34. The Hall–Kier alpha value is -1.40. The Labute approximate surface area is 107 Å². The first kappa shape index (κ1) is 12.1. The first-order valence-corrected chi connectivity index (χ1v) is 5.89. The summed E-state index contributed by atoms with van der Waals surface area (Å²) in [6, 6.07) is 5.73. The number of hydrogen-bond acceptors (Lipinski definition) is 5. The molecule has 0 fully saturated rings. The Bertz CT molecular complexity index is 513. The van der Waals surface area contributed by atoms with Gasteiger partial charge in [0, 0.05) is 6.54 Å². The van der Waals surface area contributed by atoms with Crippen LogP contribution in [-0.2, 0) is 13.2 Å². The lowest BCUT2D eigenvalue weighted by Gasteiger charge is -2.07. The van der Waals surface area contributed by atoms with E-state index in [9.17, 15) is 0 Å². The van der Waals surface area contributed by atoms with E-state index in [0.717, 1.165) is 21.5 Å². The number of benzene rings is 1. The molecule has 0 aliphatic carbocycles. The molecule has 90 valence electrons. The standard InChI is InChI=1S/C11H12BrN3O2/c1-7-10(15-17-14-7)6-16-11-3-2-8(5-13)4-9(11)12/h2-4H,5-6,13H2,1H3. The maximum atomic E-state index is 5.61. The Kier molecular flexibility index (Phi) is 3.75. The van der Waals surface area contributed by atoms with Gasteiger partial charge in [0.25, 0.3) is 0 Å². The van der Waals surface area contributed by atoms with Crippen molar-refractivity contribution in [1.82, 2.24) is 10.3 Å². The minimum Gasteiger partial charge on any atom is -0.486 e. The molecule has 1 aromatic carbocycles. The van der Waals surface area contributed by atoms with Crippen LogP contribution in [0.4, 0.5) is 0 Å². The number of nitrogens with two attached hydrogens (primary N) is 1. The summed E-state index contributed by atoms with van der Waals surface area (Å²) in [5.41, 5.74) is 8.02. The van der Waals surface area contributed by atoms with Gasteiger partial charge in [-0.25, -0.2) is 4.63 Å². The highest BCUT2D eigenvalue weighted by Gasteiger charge is 2.07. The number of aromatic nitrogens is 2. The third-order valence-corrected chi connectivity index (χ3v) is 2.96. The molecule has 17 heavy (non-hydrogen) atoms. The summed E-state index contributed by atoms with van der Waals surface area (Å²) < 4.78 is 11.1. The van der Waals surface area contributed by atoms with Crippen molar-refractivity contribution in [3.05, 3.63) is 39.6 Å². The van der Waals surface area contributed by atoms with Crippen LogP contribution in [0, 0.1) is 6.92 Å². The molecular formula is C11H12BrN3O2. The normalized spacial score (nSPS) is 10.5. The van der Waals surface area contributed by atoms with Crippen LogP contribution in [-0.4, -0.2) is 10.3 Å². The van der Waals surface area contributed by atoms with Gasteiger partial charge in [-0.3, -0.25) is 0 Å². The second kappa shape index (κ2) is 5.29. The van der Waals surface area contributed by atoms with Crippen LogP contribution < -0.4 is 10.5 Å². The van der Waals surface area contributed by atoms with Crippen LogP contribution in [0.3, 0.4) is 0 Å². The maximum Gasteiger partial charge on any atom is 0.145 e. The first-order chi connectivity index (χ1) is 8.20. The molecule has 0 bridgehead atoms. The van der Waals surface area contributed by atoms with E-state index < -0.39 is 0 Å². The third kappa shape index (κ3) is 2.83. The van der Waals surface area contributed by atoms with Gasteiger partial charge in [0.15, 0.2) is 0 Å². The number of hydrogen-bond donors (Lipinski definition) is 1. The van der Waals surface area contributed by atoms with Crippen molar-refractivity contribution < 1.29 is 9.37 Å². The highest BCUT2D eigenvalue weighted by Crippen LogP contribution is 2.26. The molecule has 0 saturated carbocycles. The van der Waals surface area contributed by atoms with Crippen LogP contribution in [0.25, 0.3) is 0 Å². The Morgan fingerprint density at radius 2 is 2.24 bits per heavy atom. The first-order valence-electron chi connectivity index (χ1n) is 5.10. The lowest BCUT2D eigenvalue weighted by atomic mass is 10.2. The SMILES string of the molecule is Cc1nonc1COc1ccc(CN)cc1Br. The van der Waals surface area contributed by atoms with Gasteiger partial charge in [-0.2, -0.15) is 0 Å². The second-order valence-electron chi connectivity index (χ2n) is 3.55. The lowest BCUT2D eigenvalue weighted by molar-refractivity contribution is 0.269. The summed E-state index contributed by atoms with van der Waals surface area (Å²) in [6.45, 7) is 2.66. The monoisotopic (exact) mass is 297 g/mol. The average molecular weight is 298 g/mol. The Balaban J connectivity index is 2.07. The van der Waals surface area contributed by atoms with Gasteiger partial charge in [-0.15, -0.1) is 0 Å². The number of nitrogens with zero attached hydrogens (tertiary/aromatic N) is 2. The highest BCUT2D eigenvalue weighted by atomic mass is 79.9. The van der Waals surface area contributed by atoms with E-state index in [1.807, 2.05) is 25.1 Å². The number of halogens is 1. The van der Waals surface area contributed by atoms with Crippen LogP contribution >= 0.6 is 15.9 Å². The summed E-state index contributed by atoms with van der Waals surface area (Å²) in [5.74, 6) is 0.740. The molecule has 2 aromatic rings. The number of rotatable bonds is 4. The van der Waals surface area contributed by atoms with Crippen molar-refractivity contribution in [2.24, 2.45) is 5.73 Å². The molecule has 0 spiro atoms. The molecule has 0 atom stereocenters. The van der Waals surface area contributed by atoms with Crippen molar-refractivity contribution in [3.8, 4) is 5.75 Å². The zero-order valence-corrected chi connectivity index (χ0v) is 10.9. The van der Waals surface area contributed by atoms with E-state index in [-0.39, 0.29) is 0 Å². The van der Waals surface area contributed by atoms with Gasteiger partial charge < -0.3 is 10.5 Å². The van der Waals surface area contributed by atoms with Crippen molar-refractivity contribution in [2.45, 2.75) is 20.1 Å². The largest absolute Gasteiger partial charge is 0.486 e. The molecule has 2 rings (SSSR count). The second-order valence-corrected chi connectivity index (χ2v) is 4.41. The van der Waals surface area contributed by atoms with Crippen molar-refractivity contribution in [3.63, 3.8) is 0 Å². The topological polar surface area (TPSA) is 74.2 Å². The molecule has 0 aliphatic heterocycles. The van der Waals surface area contributed by atoms with Crippen LogP contribution in [0.1, 0.15) is 17.0 Å². The van der Waals surface area contributed by atoms with Crippen LogP contribution in [0.5, 0.6) is 5.75 Å². The van der Waals surface area contributed by atoms with E-state index in [0.29, 0.717) is 18.8 Å². The summed E-state index contributed by atoms with van der Waals surface area (Å²) in [4.78, 5) is 0. The van der Waals surface area contributed by atoms with E-state index in [1.54, 1.807) is 0 Å². The van der Waals surface area contributed by atoms with Gasteiger partial charge in [-0.05, 0) is 40.5 Å². The number of aryl methyl sites for hydroxylation is 1. The molecule has 0 aliphatic rings. The van der Waals surface area contributed by atoms with Crippen LogP contribution in [0.15, 0.2) is 27.3 Å². The van der Waals surface area contributed by atoms with Crippen molar-refractivity contribution >= 4 is 15.9 Å². The zero-order chi connectivity index (χ0) is 12.3. The highest BCUT2D eigenvalue weighted by molar-refractivity contribution is 9.10. The molecular weight excluding hydrogens is 286 g/mol. The average Bonchev–Trinajstić information content (AvgIpc) is 2.73. The van der Waals surface area contributed by atoms with E-state index in [2.05, 4.69) is 30.9 Å². The summed E-state index contributed by atoms with van der Waals surface area (Å²) in [6.07, 6.45) is 0. The van der Waals surface area contributed by atoms with Crippen molar-refractivity contribution in [2.75, 3.05) is 0 Å². The predicted octanol–water partition coefficient (Wildman–Crippen LogP) is 2.18. The molecule has 5 nitrogen and oxygen atoms in total. The number of ether oxygens (including phenoxy) is 1. The van der Waals surface area contributed by atoms with Gasteiger partial charge in [0.1, 0.15) is 23.7 Å². The van der Waals surface area contributed by atoms with Gasteiger partial charge in [-0.1, -0.05) is 16.4 Å². The molecule has 2 N–H and O–H groups in total. The molecule has 0 unspecified atom stereocenters. The lowest BCUT2D eigenvalue weighted by Crippen LogP contribution is -2.00. The Morgan fingerprint density at radius 3 is 2.82 bits per heavy atom. The summed E-state index contributed by atoms with van der Waals surface area (Å²) >= 11 is 3.43. The van der Waals surface area contributed by atoms with Gasteiger partial charge in [0.05, 0.1) is 4.47 Å². The fraction of sp³-hybridized carbons (Fsp3) is 0.273. The summed E-state index contributed by atoms with van der Waals surface area (Å²) in [7, 11) is 0.